The topological polar surface area (TPSA) is 69.6 Å². The summed E-state index contributed by atoms with van der Waals surface area (Å²) < 4.78 is 1.66. The zero-order valence-corrected chi connectivity index (χ0v) is 9.30. The third-order valence-corrected chi connectivity index (χ3v) is 2.44. The van der Waals surface area contributed by atoms with Gasteiger partial charge in [0, 0.05) is 0 Å². The van der Waals surface area contributed by atoms with Crippen LogP contribution < -0.4 is 5.73 Å². The maximum absolute atomic E-state index is 5.55. The summed E-state index contributed by atoms with van der Waals surface area (Å²) >= 11 is 0. The fourth-order valence-electron chi connectivity index (χ4n) is 1.63. The SMILES string of the molecule is CCCc1ccc(-n2nnnc2CN)cc1. The van der Waals surface area contributed by atoms with Gasteiger partial charge in [0.05, 0.1) is 12.2 Å². The van der Waals surface area contributed by atoms with Crippen LogP contribution in [0.25, 0.3) is 5.69 Å². The molecule has 5 nitrogen and oxygen atoms in total. The smallest absolute Gasteiger partial charge is 0.170 e. The molecule has 0 fully saturated rings. The Bertz CT molecular complexity index is 446. The highest BCUT2D eigenvalue weighted by molar-refractivity contribution is 5.34. The second-order valence-corrected chi connectivity index (χ2v) is 3.63. The fraction of sp³-hybridized carbons (Fsp3) is 0.364. The number of tetrazole rings is 1. The van der Waals surface area contributed by atoms with Crippen LogP contribution in [0.2, 0.25) is 0 Å². The van der Waals surface area contributed by atoms with Gasteiger partial charge in [0.15, 0.2) is 5.82 Å². The van der Waals surface area contributed by atoms with Crippen LogP contribution in [0.1, 0.15) is 24.7 Å². The first-order valence-electron chi connectivity index (χ1n) is 5.41. The first kappa shape index (κ1) is 10.8. The quantitative estimate of drug-likeness (QED) is 0.831. The Morgan fingerprint density at radius 3 is 2.62 bits per heavy atom. The number of rotatable bonds is 4. The molecule has 16 heavy (non-hydrogen) atoms. The van der Waals surface area contributed by atoms with Crippen molar-refractivity contribution >= 4 is 0 Å². The van der Waals surface area contributed by atoms with Crippen molar-refractivity contribution in [2.75, 3.05) is 0 Å². The van der Waals surface area contributed by atoms with Crippen LogP contribution in [-0.2, 0) is 13.0 Å². The van der Waals surface area contributed by atoms with Crippen LogP contribution in [0.3, 0.4) is 0 Å². The van der Waals surface area contributed by atoms with E-state index in [0.29, 0.717) is 12.4 Å². The Morgan fingerprint density at radius 1 is 1.25 bits per heavy atom. The summed E-state index contributed by atoms with van der Waals surface area (Å²) in [6.07, 6.45) is 2.25. The van der Waals surface area contributed by atoms with E-state index in [1.165, 1.54) is 5.56 Å². The maximum Gasteiger partial charge on any atom is 0.170 e. The Kier molecular flexibility index (Phi) is 3.26. The average molecular weight is 217 g/mol. The summed E-state index contributed by atoms with van der Waals surface area (Å²) in [5.41, 5.74) is 7.82. The highest BCUT2D eigenvalue weighted by atomic mass is 15.5. The van der Waals surface area contributed by atoms with Gasteiger partial charge in [0.2, 0.25) is 0 Å². The number of nitrogens with two attached hydrogens (primary N) is 1. The third-order valence-electron chi connectivity index (χ3n) is 2.44. The summed E-state index contributed by atoms with van der Waals surface area (Å²) in [7, 11) is 0. The molecular formula is C11H15N5. The average Bonchev–Trinajstić information content (AvgIpc) is 2.78. The Hall–Kier alpha value is -1.75. The van der Waals surface area contributed by atoms with Crippen molar-refractivity contribution in [2.24, 2.45) is 5.73 Å². The number of aryl methyl sites for hydroxylation is 1. The van der Waals surface area contributed by atoms with E-state index in [4.69, 9.17) is 5.73 Å². The molecule has 0 bridgehead atoms. The molecule has 0 aliphatic rings. The van der Waals surface area contributed by atoms with Crippen molar-refractivity contribution in [3.63, 3.8) is 0 Å². The van der Waals surface area contributed by atoms with Crippen LogP contribution in [-0.4, -0.2) is 20.2 Å². The number of nitrogens with zero attached hydrogens (tertiary/aromatic N) is 4. The monoisotopic (exact) mass is 217 g/mol. The molecule has 84 valence electrons. The Morgan fingerprint density at radius 2 is 2.00 bits per heavy atom. The molecule has 2 N–H and O–H groups in total. The van der Waals surface area contributed by atoms with Gasteiger partial charge < -0.3 is 5.73 Å². The molecule has 0 aliphatic heterocycles. The number of aromatic nitrogens is 4. The van der Waals surface area contributed by atoms with Crippen LogP contribution in [0.15, 0.2) is 24.3 Å². The largest absolute Gasteiger partial charge is 0.324 e. The molecule has 1 aromatic carbocycles. The Labute approximate surface area is 94.3 Å². The zero-order chi connectivity index (χ0) is 11.4. The Balaban J connectivity index is 2.27. The lowest BCUT2D eigenvalue weighted by Gasteiger charge is -2.04. The summed E-state index contributed by atoms with van der Waals surface area (Å²) in [4.78, 5) is 0. The predicted octanol–water partition coefficient (Wildman–Crippen LogP) is 1.07. The van der Waals surface area contributed by atoms with Gasteiger partial charge in [-0.1, -0.05) is 25.5 Å². The molecule has 0 unspecified atom stereocenters. The molecule has 1 heterocycles. The fourth-order valence-corrected chi connectivity index (χ4v) is 1.63. The van der Waals surface area contributed by atoms with Crippen molar-refractivity contribution in [2.45, 2.75) is 26.3 Å². The van der Waals surface area contributed by atoms with Crippen molar-refractivity contribution in [1.29, 1.82) is 0 Å². The van der Waals surface area contributed by atoms with E-state index in [1.807, 2.05) is 12.1 Å². The van der Waals surface area contributed by atoms with Gasteiger partial charge >= 0.3 is 0 Å². The summed E-state index contributed by atoms with van der Waals surface area (Å²) in [6.45, 7) is 2.51. The standard InChI is InChI=1S/C11H15N5/c1-2-3-9-4-6-10(7-5-9)16-11(8-12)13-14-15-16/h4-7H,2-3,8,12H2,1H3. The van der Waals surface area contributed by atoms with E-state index in [9.17, 15) is 0 Å². The lowest BCUT2D eigenvalue weighted by molar-refractivity contribution is 0.760. The molecule has 2 aromatic rings. The van der Waals surface area contributed by atoms with Crippen LogP contribution in [0.4, 0.5) is 0 Å². The molecule has 0 radical (unpaired) electrons. The molecule has 0 aliphatic carbocycles. The van der Waals surface area contributed by atoms with E-state index in [2.05, 4.69) is 34.6 Å². The molecule has 0 amide bonds. The van der Waals surface area contributed by atoms with Crippen LogP contribution in [0, 0.1) is 0 Å². The second kappa shape index (κ2) is 4.85. The summed E-state index contributed by atoms with van der Waals surface area (Å²) in [5, 5.41) is 11.4. The van der Waals surface area contributed by atoms with E-state index in [-0.39, 0.29) is 0 Å². The molecule has 5 heteroatoms. The van der Waals surface area contributed by atoms with E-state index < -0.39 is 0 Å². The van der Waals surface area contributed by atoms with Gasteiger partial charge in [-0.2, -0.15) is 4.68 Å². The predicted molar refractivity (Wildman–Crippen MR) is 61.0 cm³/mol. The highest BCUT2D eigenvalue weighted by Crippen LogP contribution is 2.10. The molecule has 0 saturated heterocycles. The van der Waals surface area contributed by atoms with Gasteiger partial charge in [0.25, 0.3) is 0 Å². The lowest BCUT2D eigenvalue weighted by Crippen LogP contribution is -2.07. The van der Waals surface area contributed by atoms with Gasteiger partial charge in [-0.25, -0.2) is 0 Å². The summed E-state index contributed by atoms with van der Waals surface area (Å²) in [6, 6.07) is 8.22. The zero-order valence-electron chi connectivity index (χ0n) is 9.30. The van der Waals surface area contributed by atoms with Crippen molar-refractivity contribution in [3.05, 3.63) is 35.7 Å². The van der Waals surface area contributed by atoms with Gasteiger partial charge in [-0.15, -0.1) is 5.10 Å². The summed E-state index contributed by atoms with van der Waals surface area (Å²) in [5.74, 6) is 0.670. The molecule has 2 rings (SSSR count). The molecule has 0 saturated carbocycles. The molecule has 1 aromatic heterocycles. The number of hydrogen-bond acceptors (Lipinski definition) is 4. The first-order chi connectivity index (χ1) is 7.85. The van der Waals surface area contributed by atoms with Crippen molar-refractivity contribution in [1.82, 2.24) is 20.2 Å². The van der Waals surface area contributed by atoms with Crippen molar-refractivity contribution < 1.29 is 0 Å². The van der Waals surface area contributed by atoms with Crippen LogP contribution in [0.5, 0.6) is 0 Å². The van der Waals surface area contributed by atoms with E-state index >= 15 is 0 Å². The molecule has 0 spiro atoms. The van der Waals surface area contributed by atoms with Gasteiger partial charge in [-0.05, 0) is 34.5 Å². The third kappa shape index (κ3) is 2.09. The van der Waals surface area contributed by atoms with Crippen molar-refractivity contribution in [3.8, 4) is 5.69 Å². The van der Waals surface area contributed by atoms with E-state index in [0.717, 1.165) is 18.5 Å². The van der Waals surface area contributed by atoms with Gasteiger partial charge in [-0.3, -0.25) is 0 Å². The first-order valence-corrected chi connectivity index (χ1v) is 5.41. The minimum absolute atomic E-state index is 0.337. The molecule has 0 atom stereocenters. The highest BCUT2D eigenvalue weighted by Gasteiger charge is 2.05. The second-order valence-electron chi connectivity index (χ2n) is 3.63. The minimum atomic E-state index is 0.337. The number of hydrogen-bond donors (Lipinski definition) is 1. The molecular weight excluding hydrogens is 202 g/mol. The maximum atomic E-state index is 5.55. The van der Waals surface area contributed by atoms with Gasteiger partial charge in [0.1, 0.15) is 0 Å². The normalized spacial score (nSPS) is 10.6. The van der Waals surface area contributed by atoms with E-state index in [1.54, 1.807) is 4.68 Å². The van der Waals surface area contributed by atoms with Crippen LogP contribution >= 0.6 is 0 Å². The number of benzene rings is 1. The lowest BCUT2D eigenvalue weighted by atomic mass is 10.1. The minimum Gasteiger partial charge on any atom is -0.324 e.